The van der Waals surface area contributed by atoms with Crippen LogP contribution >= 0.6 is 11.3 Å². The molecule has 1 aromatic heterocycles. The van der Waals surface area contributed by atoms with Crippen molar-refractivity contribution >= 4 is 11.3 Å². The van der Waals surface area contributed by atoms with E-state index in [-0.39, 0.29) is 0 Å². The number of rotatable bonds is 6. The Morgan fingerprint density at radius 3 is 2.81 bits per heavy atom. The highest BCUT2D eigenvalue weighted by Gasteiger charge is 2.12. The van der Waals surface area contributed by atoms with Crippen molar-refractivity contribution in [2.45, 2.75) is 39.2 Å². The molecule has 1 aliphatic carbocycles. The summed E-state index contributed by atoms with van der Waals surface area (Å²) in [6, 6.07) is 2.42. The molecule has 0 fully saturated rings. The lowest BCUT2D eigenvalue weighted by Gasteiger charge is -2.08. The van der Waals surface area contributed by atoms with E-state index in [0.717, 1.165) is 26.2 Å². The van der Waals surface area contributed by atoms with E-state index in [1.165, 1.54) is 30.6 Å². The van der Waals surface area contributed by atoms with Crippen molar-refractivity contribution < 1.29 is 0 Å². The fourth-order valence-electron chi connectivity index (χ4n) is 2.20. The van der Waals surface area contributed by atoms with E-state index in [1.807, 2.05) is 11.3 Å². The summed E-state index contributed by atoms with van der Waals surface area (Å²) < 4.78 is 0. The first-order valence-corrected chi connectivity index (χ1v) is 7.23. The quantitative estimate of drug-likeness (QED) is 0.743. The maximum Gasteiger partial charge on any atom is 0.0300 e. The molecule has 2 N–H and O–H groups in total. The van der Waals surface area contributed by atoms with Gasteiger partial charge in [-0.1, -0.05) is 6.92 Å². The SMILES string of the molecule is CCNCCNCc1cc2c(s1)CCCC2. The molecule has 0 atom stereocenters. The zero-order chi connectivity index (χ0) is 11.2. The molecule has 1 heterocycles. The van der Waals surface area contributed by atoms with Crippen LogP contribution in [0.4, 0.5) is 0 Å². The zero-order valence-corrected chi connectivity index (χ0v) is 11.0. The van der Waals surface area contributed by atoms with Crippen LogP contribution in [0.1, 0.15) is 35.1 Å². The van der Waals surface area contributed by atoms with Crippen LogP contribution in [0.3, 0.4) is 0 Å². The van der Waals surface area contributed by atoms with Gasteiger partial charge < -0.3 is 10.6 Å². The predicted molar refractivity (Wildman–Crippen MR) is 71.2 cm³/mol. The molecule has 1 aliphatic rings. The van der Waals surface area contributed by atoms with Crippen LogP contribution in [0.5, 0.6) is 0 Å². The molecule has 2 rings (SSSR count). The van der Waals surface area contributed by atoms with Crippen molar-refractivity contribution in [3.05, 3.63) is 21.4 Å². The normalized spacial score (nSPS) is 15.1. The van der Waals surface area contributed by atoms with Crippen LogP contribution in [-0.4, -0.2) is 19.6 Å². The predicted octanol–water partition coefficient (Wildman–Crippen LogP) is 2.33. The Morgan fingerprint density at radius 2 is 2.00 bits per heavy atom. The molecule has 0 aromatic carbocycles. The lowest BCUT2D eigenvalue weighted by atomic mass is 9.99. The van der Waals surface area contributed by atoms with E-state index in [9.17, 15) is 0 Å². The summed E-state index contributed by atoms with van der Waals surface area (Å²) in [5.41, 5.74) is 1.62. The third-order valence-corrected chi connectivity index (χ3v) is 4.31. The number of likely N-dealkylation sites (N-methyl/N-ethyl adjacent to an activating group) is 1. The first kappa shape index (κ1) is 12.1. The molecular weight excluding hydrogens is 216 g/mol. The number of thiophene rings is 1. The lowest BCUT2D eigenvalue weighted by Crippen LogP contribution is -2.26. The third-order valence-electron chi connectivity index (χ3n) is 3.08. The molecule has 0 saturated carbocycles. The molecule has 0 amide bonds. The van der Waals surface area contributed by atoms with Gasteiger partial charge in [0, 0.05) is 29.4 Å². The monoisotopic (exact) mass is 238 g/mol. The van der Waals surface area contributed by atoms with Crippen molar-refractivity contribution in [2.75, 3.05) is 19.6 Å². The smallest absolute Gasteiger partial charge is 0.0300 e. The molecule has 0 unspecified atom stereocenters. The van der Waals surface area contributed by atoms with E-state index < -0.39 is 0 Å². The van der Waals surface area contributed by atoms with Crippen molar-refractivity contribution in [1.82, 2.24) is 10.6 Å². The van der Waals surface area contributed by atoms with Gasteiger partial charge >= 0.3 is 0 Å². The summed E-state index contributed by atoms with van der Waals surface area (Å²) in [6.07, 6.45) is 5.40. The Kier molecular flexibility index (Phi) is 4.82. The number of nitrogens with one attached hydrogen (secondary N) is 2. The second-order valence-corrected chi connectivity index (χ2v) is 5.62. The van der Waals surface area contributed by atoms with Crippen LogP contribution in [0.2, 0.25) is 0 Å². The van der Waals surface area contributed by atoms with Crippen molar-refractivity contribution in [2.24, 2.45) is 0 Å². The second kappa shape index (κ2) is 6.38. The van der Waals surface area contributed by atoms with Gasteiger partial charge in [-0.05, 0) is 43.9 Å². The van der Waals surface area contributed by atoms with Crippen LogP contribution in [-0.2, 0) is 19.4 Å². The third kappa shape index (κ3) is 3.30. The molecule has 1 aromatic rings. The molecule has 0 aliphatic heterocycles. The first-order chi connectivity index (χ1) is 7.90. The van der Waals surface area contributed by atoms with Crippen molar-refractivity contribution in [3.8, 4) is 0 Å². The first-order valence-electron chi connectivity index (χ1n) is 6.42. The van der Waals surface area contributed by atoms with Gasteiger partial charge in [0.15, 0.2) is 0 Å². The Bertz CT molecular complexity index is 296. The topological polar surface area (TPSA) is 24.1 Å². The van der Waals surface area contributed by atoms with Crippen LogP contribution < -0.4 is 10.6 Å². The van der Waals surface area contributed by atoms with Gasteiger partial charge in [-0.3, -0.25) is 0 Å². The number of hydrogen-bond acceptors (Lipinski definition) is 3. The van der Waals surface area contributed by atoms with E-state index in [0.29, 0.717) is 0 Å². The van der Waals surface area contributed by atoms with Gasteiger partial charge in [0.05, 0.1) is 0 Å². The highest BCUT2D eigenvalue weighted by molar-refractivity contribution is 7.12. The van der Waals surface area contributed by atoms with Crippen molar-refractivity contribution in [1.29, 1.82) is 0 Å². The van der Waals surface area contributed by atoms with E-state index in [2.05, 4.69) is 23.6 Å². The zero-order valence-electron chi connectivity index (χ0n) is 10.1. The molecule has 0 saturated heterocycles. The summed E-state index contributed by atoms with van der Waals surface area (Å²) in [4.78, 5) is 3.16. The van der Waals surface area contributed by atoms with Gasteiger partial charge in [0.1, 0.15) is 0 Å². The minimum Gasteiger partial charge on any atom is -0.316 e. The summed E-state index contributed by atoms with van der Waals surface area (Å²) in [6.45, 7) is 6.39. The van der Waals surface area contributed by atoms with Crippen molar-refractivity contribution in [3.63, 3.8) is 0 Å². The van der Waals surface area contributed by atoms with Crippen LogP contribution in [0.25, 0.3) is 0 Å². The molecular formula is C13H22N2S. The van der Waals surface area contributed by atoms with Crippen LogP contribution in [0.15, 0.2) is 6.07 Å². The Morgan fingerprint density at radius 1 is 1.19 bits per heavy atom. The molecule has 0 radical (unpaired) electrons. The van der Waals surface area contributed by atoms with E-state index >= 15 is 0 Å². The molecule has 16 heavy (non-hydrogen) atoms. The number of hydrogen-bond donors (Lipinski definition) is 2. The standard InChI is InChI=1S/C13H22N2S/c1-2-14-7-8-15-10-12-9-11-5-3-4-6-13(11)16-12/h9,14-15H,2-8,10H2,1H3. The Labute approximate surface area is 102 Å². The fraction of sp³-hybridized carbons (Fsp3) is 0.692. The number of fused-ring (bicyclic) bond motifs is 1. The molecule has 3 heteroatoms. The van der Waals surface area contributed by atoms with Gasteiger partial charge in [0.25, 0.3) is 0 Å². The number of aryl methyl sites for hydroxylation is 2. The minimum atomic E-state index is 1.04. The summed E-state index contributed by atoms with van der Waals surface area (Å²) in [5, 5.41) is 6.82. The maximum atomic E-state index is 3.49. The summed E-state index contributed by atoms with van der Waals surface area (Å²) >= 11 is 2.02. The Balaban J connectivity index is 1.74. The van der Waals surface area contributed by atoms with Gasteiger partial charge in [-0.25, -0.2) is 0 Å². The summed E-state index contributed by atoms with van der Waals surface area (Å²) in [5.74, 6) is 0. The molecule has 0 bridgehead atoms. The average molecular weight is 238 g/mol. The Hall–Kier alpha value is -0.380. The minimum absolute atomic E-state index is 1.04. The molecule has 0 spiro atoms. The second-order valence-electron chi connectivity index (χ2n) is 4.40. The highest BCUT2D eigenvalue weighted by Crippen LogP contribution is 2.29. The maximum absolute atomic E-state index is 3.49. The van der Waals surface area contributed by atoms with Gasteiger partial charge in [-0.15, -0.1) is 11.3 Å². The highest BCUT2D eigenvalue weighted by atomic mass is 32.1. The van der Waals surface area contributed by atoms with Gasteiger partial charge in [-0.2, -0.15) is 0 Å². The fourth-order valence-corrected chi connectivity index (χ4v) is 3.43. The van der Waals surface area contributed by atoms with E-state index in [4.69, 9.17) is 0 Å². The molecule has 90 valence electrons. The average Bonchev–Trinajstić information content (AvgIpc) is 2.71. The largest absolute Gasteiger partial charge is 0.316 e. The van der Waals surface area contributed by atoms with E-state index in [1.54, 1.807) is 10.4 Å². The van der Waals surface area contributed by atoms with Gasteiger partial charge in [0.2, 0.25) is 0 Å². The summed E-state index contributed by atoms with van der Waals surface area (Å²) in [7, 11) is 0. The lowest BCUT2D eigenvalue weighted by molar-refractivity contribution is 0.628. The molecule has 2 nitrogen and oxygen atoms in total. The van der Waals surface area contributed by atoms with Crippen LogP contribution in [0, 0.1) is 0 Å².